The summed E-state index contributed by atoms with van der Waals surface area (Å²) in [5.74, 6) is -1.07. The van der Waals surface area contributed by atoms with E-state index in [1.807, 2.05) is 0 Å². The highest BCUT2D eigenvalue weighted by molar-refractivity contribution is 6.33. The van der Waals surface area contributed by atoms with Crippen LogP contribution in [0.4, 0.5) is 17.6 Å². The molecule has 0 saturated heterocycles. The highest BCUT2D eigenvalue weighted by Gasteiger charge is 2.30. The molecule has 1 atom stereocenters. The van der Waals surface area contributed by atoms with Crippen LogP contribution >= 0.6 is 11.6 Å². The molecule has 4 rings (SSSR count). The molecule has 2 N–H and O–H groups in total. The maximum atomic E-state index is 13.4. The van der Waals surface area contributed by atoms with Gasteiger partial charge in [-0.1, -0.05) is 29.8 Å². The highest BCUT2D eigenvalue weighted by Crippen LogP contribution is 2.35. The van der Waals surface area contributed by atoms with Gasteiger partial charge in [0.2, 0.25) is 5.91 Å². The number of alkyl halides is 3. The first-order valence-corrected chi connectivity index (χ1v) is 10.4. The minimum atomic E-state index is -4.33. The summed E-state index contributed by atoms with van der Waals surface area (Å²) in [5.41, 5.74) is 8.09. The average Bonchev–Trinajstić information content (AvgIpc) is 3.16. The SMILES string of the molecule is NC(=O)c1ccc(C(CCC(F)(F)F)n2ncc3cc(-c4ccc(F)cc4Cl)ccc32)cc1. The lowest BCUT2D eigenvalue weighted by molar-refractivity contribution is -0.136. The number of benzene rings is 3. The molecule has 3 aromatic carbocycles. The van der Waals surface area contributed by atoms with Crippen molar-refractivity contribution in [1.82, 2.24) is 9.78 Å². The molecule has 0 aliphatic rings. The third-order valence-corrected chi connectivity index (χ3v) is 5.73. The Labute approximate surface area is 191 Å². The second-order valence-electron chi connectivity index (χ2n) is 7.64. The Kier molecular flexibility index (Phi) is 6.12. The van der Waals surface area contributed by atoms with Crippen molar-refractivity contribution in [2.75, 3.05) is 0 Å². The van der Waals surface area contributed by atoms with E-state index >= 15 is 0 Å². The molecular weight excluding hydrogens is 458 g/mol. The third-order valence-electron chi connectivity index (χ3n) is 5.41. The summed E-state index contributed by atoms with van der Waals surface area (Å²) in [6.07, 6.45) is -4.00. The van der Waals surface area contributed by atoms with Crippen LogP contribution in [-0.4, -0.2) is 21.9 Å². The molecule has 0 spiro atoms. The number of nitrogens with zero attached hydrogens (tertiary/aromatic N) is 2. The molecule has 0 aliphatic heterocycles. The van der Waals surface area contributed by atoms with E-state index in [0.717, 1.165) is 5.56 Å². The van der Waals surface area contributed by atoms with E-state index < -0.39 is 30.4 Å². The molecular formula is C24H18ClF4N3O. The summed E-state index contributed by atoms with van der Waals surface area (Å²) in [4.78, 5) is 11.4. The van der Waals surface area contributed by atoms with Crippen LogP contribution in [0.5, 0.6) is 0 Å². The van der Waals surface area contributed by atoms with Crippen LogP contribution < -0.4 is 5.73 Å². The van der Waals surface area contributed by atoms with Crippen LogP contribution in [0, 0.1) is 5.82 Å². The minimum absolute atomic E-state index is 0.234. The first kappa shape index (κ1) is 22.8. The van der Waals surface area contributed by atoms with Gasteiger partial charge in [0.25, 0.3) is 0 Å². The standard InChI is InChI=1S/C24H18ClF4N3O/c25-20-12-18(26)6-7-19(20)16-5-8-21-17(11-16)13-31-32(21)22(9-10-24(27,28)29)14-1-3-15(4-2-14)23(30)33/h1-8,11-13,22H,9-10H2,(H2,30,33). The summed E-state index contributed by atoms with van der Waals surface area (Å²) in [5, 5.41) is 5.31. The number of primary amides is 1. The average molecular weight is 476 g/mol. The number of carbonyl (C=O) groups is 1. The van der Waals surface area contributed by atoms with Gasteiger partial charge in [-0.2, -0.15) is 18.3 Å². The van der Waals surface area contributed by atoms with Crippen molar-refractivity contribution in [3.63, 3.8) is 0 Å². The smallest absolute Gasteiger partial charge is 0.366 e. The lowest BCUT2D eigenvalue weighted by Gasteiger charge is -2.20. The molecule has 0 saturated carbocycles. The van der Waals surface area contributed by atoms with E-state index in [1.165, 1.54) is 28.9 Å². The van der Waals surface area contributed by atoms with E-state index in [0.29, 0.717) is 22.0 Å². The van der Waals surface area contributed by atoms with Gasteiger partial charge in [-0.15, -0.1) is 0 Å². The first-order valence-electron chi connectivity index (χ1n) is 10.0. The van der Waals surface area contributed by atoms with Gasteiger partial charge in [-0.05, 0) is 60.0 Å². The van der Waals surface area contributed by atoms with Gasteiger partial charge < -0.3 is 5.73 Å². The molecule has 9 heteroatoms. The number of hydrogen-bond acceptors (Lipinski definition) is 2. The van der Waals surface area contributed by atoms with Gasteiger partial charge in [0.15, 0.2) is 0 Å². The molecule has 170 valence electrons. The molecule has 1 aromatic heterocycles. The molecule has 1 amide bonds. The summed E-state index contributed by atoms with van der Waals surface area (Å²) in [6, 6.07) is 14.8. The maximum Gasteiger partial charge on any atom is 0.389 e. The number of hydrogen-bond donors (Lipinski definition) is 1. The summed E-state index contributed by atoms with van der Waals surface area (Å²) < 4.78 is 54.0. The Morgan fingerprint density at radius 2 is 1.79 bits per heavy atom. The summed E-state index contributed by atoms with van der Waals surface area (Å²) in [7, 11) is 0. The monoisotopic (exact) mass is 475 g/mol. The Balaban J connectivity index is 1.75. The van der Waals surface area contributed by atoms with Crippen molar-refractivity contribution in [3.8, 4) is 11.1 Å². The number of rotatable bonds is 6. The first-order chi connectivity index (χ1) is 15.6. The van der Waals surface area contributed by atoms with Crippen molar-refractivity contribution < 1.29 is 22.4 Å². The Morgan fingerprint density at radius 3 is 2.42 bits per heavy atom. The van der Waals surface area contributed by atoms with E-state index in [1.54, 1.807) is 42.6 Å². The van der Waals surface area contributed by atoms with Gasteiger partial charge in [0.05, 0.1) is 22.8 Å². The van der Waals surface area contributed by atoms with Crippen LogP contribution in [0.15, 0.2) is 66.9 Å². The van der Waals surface area contributed by atoms with Gasteiger partial charge in [0.1, 0.15) is 5.82 Å². The number of aromatic nitrogens is 2. The minimum Gasteiger partial charge on any atom is -0.366 e. The van der Waals surface area contributed by atoms with E-state index in [4.69, 9.17) is 17.3 Å². The predicted molar refractivity (Wildman–Crippen MR) is 119 cm³/mol. The summed E-state index contributed by atoms with van der Waals surface area (Å²) >= 11 is 6.17. The largest absolute Gasteiger partial charge is 0.389 e. The number of carbonyl (C=O) groups excluding carboxylic acids is 1. The van der Waals surface area contributed by atoms with Gasteiger partial charge in [-0.25, -0.2) is 4.39 Å². The van der Waals surface area contributed by atoms with E-state index in [-0.39, 0.29) is 17.0 Å². The number of amides is 1. The second-order valence-corrected chi connectivity index (χ2v) is 8.05. The van der Waals surface area contributed by atoms with Crippen molar-refractivity contribution >= 4 is 28.4 Å². The fraction of sp³-hybridized carbons (Fsp3) is 0.167. The Bertz CT molecular complexity index is 1320. The lowest BCUT2D eigenvalue weighted by Crippen LogP contribution is -2.17. The zero-order chi connectivity index (χ0) is 23.8. The lowest BCUT2D eigenvalue weighted by atomic mass is 9.99. The van der Waals surface area contributed by atoms with Crippen molar-refractivity contribution in [2.45, 2.75) is 25.1 Å². The van der Waals surface area contributed by atoms with Crippen molar-refractivity contribution in [2.24, 2.45) is 5.73 Å². The van der Waals surface area contributed by atoms with E-state index in [2.05, 4.69) is 5.10 Å². The molecule has 1 heterocycles. The Hall–Kier alpha value is -3.39. The van der Waals surface area contributed by atoms with Crippen LogP contribution in [-0.2, 0) is 0 Å². The van der Waals surface area contributed by atoms with Crippen molar-refractivity contribution in [3.05, 3.63) is 88.8 Å². The predicted octanol–water partition coefficient (Wildman–Crippen LogP) is 6.53. The van der Waals surface area contributed by atoms with Gasteiger partial charge >= 0.3 is 6.18 Å². The fourth-order valence-corrected chi connectivity index (χ4v) is 4.07. The molecule has 0 bridgehead atoms. The highest BCUT2D eigenvalue weighted by atomic mass is 35.5. The number of nitrogens with two attached hydrogens (primary N) is 1. The summed E-state index contributed by atoms with van der Waals surface area (Å²) in [6.45, 7) is 0. The van der Waals surface area contributed by atoms with Crippen LogP contribution in [0.1, 0.15) is 34.8 Å². The molecule has 4 aromatic rings. The molecule has 0 radical (unpaired) electrons. The van der Waals surface area contributed by atoms with Crippen molar-refractivity contribution in [1.29, 1.82) is 0 Å². The number of fused-ring (bicyclic) bond motifs is 1. The molecule has 0 fully saturated rings. The number of halogens is 5. The Morgan fingerprint density at radius 1 is 1.06 bits per heavy atom. The van der Waals surface area contributed by atoms with Gasteiger partial charge in [0, 0.05) is 22.9 Å². The molecule has 1 unspecified atom stereocenters. The van der Waals surface area contributed by atoms with E-state index in [9.17, 15) is 22.4 Å². The zero-order valence-corrected chi connectivity index (χ0v) is 17.9. The quantitative estimate of drug-likeness (QED) is 0.322. The zero-order valence-electron chi connectivity index (χ0n) is 17.1. The van der Waals surface area contributed by atoms with Gasteiger partial charge in [-0.3, -0.25) is 9.48 Å². The normalized spacial score (nSPS) is 12.8. The molecule has 33 heavy (non-hydrogen) atoms. The maximum absolute atomic E-state index is 13.4. The third kappa shape index (κ3) is 5.01. The molecule has 0 aliphatic carbocycles. The van der Waals surface area contributed by atoms with Crippen LogP contribution in [0.3, 0.4) is 0 Å². The topological polar surface area (TPSA) is 60.9 Å². The van der Waals surface area contributed by atoms with Crippen LogP contribution in [0.2, 0.25) is 5.02 Å². The van der Waals surface area contributed by atoms with Crippen LogP contribution in [0.25, 0.3) is 22.0 Å². The second kappa shape index (κ2) is 8.86. The fourth-order valence-electron chi connectivity index (χ4n) is 3.79. The molecule has 4 nitrogen and oxygen atoms in total.